The number of rotatable bonds is 7. The van der Waals surface area contributed by atoms with Crippen LogP contribution in [0.4, 0.5) is 4.39 Å². The van der Waals surface area contributed by atoms with Gasteiger partial charge < -0.3 is 9.47 Å². The highest BCUT2D eigenvalue weighted by Crippen LogP contribution is 2.29. The van der Waals surface area contributed by atoms with Gasteiger partial charge in [0.2, 0.25) is 10.0 Å². The Hall–Kier alpha value is -2.12. The normalized spacial score (nSPS) is 11.5. The molecule has 0 unspecified atom stereocenters. The summed E-state index contributed by atoms with van der Waals surface area (Å²) in [7, 11) is -0.808. The average molecular weight is 353 g/mol. The van der Waals surface area contributed by atoms with Crippen LogP contribution in [0.3, 0.4) is 0 Å². The molecule has 0 aromatic heterocycles. The second-order valence-electron chi connectivity index (χ2n) is 5.14. The van der Waals surface area contributed by atoms with Crippen molar-refractivity contribution in [1.82, 2.24) is 4.31 Å². The molecule has 0 heterocycles. The van der Waals surface area contributed by atoms with E-state index in [1.54, 1.807) is 18.2 Å². The van der Waals surface area contributed by atoms with Crippen LogP contribution in [0, 0.1) is 5.82 Å². The smallest absolute Gasteiger partial charge is 0.243 e. The van der Waals surface area contributed by atoms with Gasteiger partial charge in [0.25, 0.3) is 0 Å². The molecular weight excluding hydrogens is 333 g/mol. The van der Waals surface area contributed by atoms with Gasteiger partial charge in [-0.2, -0.15) is 4.31 Å². The van der Waals surface area contributed by atoms with Gasteiger partial charge in [0.05, 0.1) is 18.6 Å². The number of ether oxygens (including phenoxy) is 2. The van der Waals surface area contributed by atoms with E-state index in [1.165, 1.54) is 32.4 Å². The number of hydrogen-bond donors (Lipinski definition) is 0. The highest BCUT2D eigenvalue weighted by molar-refractivity contribution is 7.89. The van der Waals surface area contributed by atoms with Crippen molar-refractivity contribution in [2.75, 3.05) is 20.8 Å². The molecule has 0 saturated carbocycles. The van der Waals surface area contributed by atoms with Crippen LogP contribution in [0.2, 0.25) is 0 Å². The van der Waals surface area contributed by atoms with Gasteiger partial charge in [-0.1, -0.05) is 12.1 Å². The lowest BCUT2D eigenvalue weighted by Gasteiger charge is -2.18. The van der Waals surface area contributed by atoms with Crippen molar-refractivity contribution in [2.45, 2.75) is 18.4 Å². The number of halogens is 1. The fourth-order valence-electron chi connectivity index (χ4n) is 2.23. The van der Waals surface area contributed by atoms with Crippen molar-refractivity contribution in [1.29, 1.82) is 0 Å². The van der Waals surface area contributed by atoms with Gasteiger partial charge in [0.1, 0.15) is 5.82 Å². The minimum atomic E-state index is -3.78. The fourth-order valence-corrected chi connectivity index (χ4v) is 3.43. The molecule has 2 aromatic carbocycles. The molecule has 0 amide bonds. The van der Waals surface area contributed by atoms with E-state index in [2.05, 4.69) is 0 Å². The molecule has 0 bridgehead atoms. The van der Waals surface area contributed by atoms with Crippen LogP contribution in [0.1, 0.15) is 12.5 Å². The summed E-state index contributed by atoms with van der Waals surface area (Å²) in [5, 5.41) is 0. The maximum Gasteiger partial charge on any atom is 0.243 e. The van der Waals surface area contributed by atoms with E-state index in [0.717, 1.165) is 15.9 Å². The maximum absolute atomic E-state index is 13.3. The second kappa shape index (κ2) is 7.63. The van der Waals surface area contributed by atoms with Crippen molar-refractivity contribution in [3.63, 3.8) is 0 Å². The lowest BCUT2D eigenvalue weighted by Crippen LogP contribution is -2.26. The molecule has 0 radical (unpaired) electrons. The fraction of sp³-hybridized carbons (Fsp3) is 0.294. The van der Waals surface area contributed by atoms with E-state index in [1.807, 2.05) is 6.92 Å². The Bertz CT molecular complexity index is 808. The molecule has 0 aliphatic carbocycles. The molecule has 0 spiro atoms. The third kappa shape index (κ3) is 4.04. The largest absolute Gasteiger partial charge is 0.493 e. The number of methoxy groups -OCH3 is 1. The summed E-state index contributed by atoms with van der Waals surface area (Å²) >= 11 is 0. The molecule has 0 N–H and O–H groups in total. The van der Waals surface area contributed by atoms with E-state index in [0.29, 0.717) is 18.1 Å². The molecule has 7 heteroatoms. The van der Waals surface area contributed by atoms with Crippen LogP contribution in [-0.2, 0) is 16.6 Å². The standard InChI is InChI=1S/C17H20FNO4S/c1-4-23-16-9-8-13(10-17(16)22-3)12-19(2)24(20,21)15-7-5-6-14(18)11-15/h5-11H,4,12H2,1-3H3. The highest BCUT2D eigenvalue weighted by Gasteiger charge is 2.21. The van der Waals surface area contributed by atoms with E-state index in [4.69, 9.17) is 9.47 Å². The summed E-state index contributed by atoms with van der Waals surface area (Å²) in [6.45, 7) is 2.50. The Labute approximate surface area is 141 Å². The summed E-state index contributed by atoms with van der Waals surface area (Å²) in [5.41, 5.74) is 0.734. The van der Waals surface area contributed by atoms with Crippen LogP contribution in [0.25, 0.3) is 0 Å². The zero-order chi connectivity index (χ0) is 17.7. The number of hydrogen-bond acceptors (Lipinski definition) is 4. The minimum Gasteiger partial charge on any atom is -0.493 e. The first-order valence-corrected chi connectivity index (χ1v) is 8.84. The van der Waals surface area contributed by atoms with Crippen LogP contribution < -0.4 is 9.47 Å². The first kappa shape index (κ1) is 18.2. The van der Waals surface area contributed by atoms with E-state index in [9.17, 15) is 12.8 Å². The molecule has 24 heavy (non-hydrogen) atoms. The summed E-state index contributed by atoms with van der Waals surface area (Å²) < 4.78 is 50.2. The van der Waals surface area contributed by atoms with E-state index in [-0.39, 0.29) is 11.4 Å². The van der Waals surface area contributed by atoms with Crippen molar-refractivity contribution in [3.8, 4) is 11.5 Å². The third-order valence-corrected chi connectivity index (χ3v) is 5.24. The van der Waals surface area contributed by atoms with Gasteiger partial charge in [-0.05, 0) is 42.8 Å². The molecule has 0 fully saturated rings. The molecule has 2 rings (SSSR count). The summed E-state index contributed by atoms with van der Waals surface area (Å²) in [4.78, 5) is -0.0806. The summed E-state index contributed by atoms with van der Waals surface area (Å²) in [6.07, 6.45) is 0. The Balaban J connectivity index is 2.24. The zero-order valence-electron chi connectivity index (χ0n) is 13.8. The van der Waals surface area contributed by atoms with Crippen LogP contribution in [-0.4, -0.2) is 33.5 Å². The lowest BCUT2D eigenvalue weighted by atomic mass is 10.2. The summed E-state index contributed by atoms with van der Waals surface area (Å²) in [6, 6.07) is 10.2. The average Bonchev–Trinajstić information content (AvgIpc) is 2.56. The van der Waals surface area contributed by atoms with Crippen molar-refractivity contribution in [3.05, 3.63) is 53.8 Å². The Kier molecular flexibility index (Phi) is 5.80. The zero-order valence-corrected chi connectivity index (χ0v) is 14.6. The minimum absolute atomic E-state index is 0.0806. The van der Waals surface area contributed by atoms with Gasteiger partial charge >= 0.3 is 0 Å². The first-order valence-electron chi connectivity index (χ1n) is 7.40. The number of nitrogens with zero attached hydrogens (tertiary/aromatic N) is 1. The van der Waals surface area contributed by atoms with E-state index >= 15 is 0 Å². The monoisotopic (exact) mass is 353 g/mol. The summed E-state index contributed by atoms with van der Waals surface area (Å²) in [5.74, 6) is 0.539. The Morgan fingerprint density at radius 3 is 2.50 bits per heavy atom. The SMILES string of the molecule is CCOc1ccc(CN(C)S(=O)(=O)c2cccc(F)c2)cc1OC. The van der Waals surface area contributed by atoms with Crippen molar-refractivity contribution >= 4 is 10.0 Å². The van der Waals surface area contributed by atoms with Gasteiger partial charge in [0.15, 0.2) is 11.5 Å². The number of sulfonamides is 1. The highest BCUT2D eigenvalue weighted by atomic mass is 32.2. The van der Waals surface area contributed by atoms with Crippen LogP contribution in [0.5, 0.6) is 11.5 Å². The first-order chi connectivity index (χ1) is 11.4. The molecular formula is C17H20FNO4S. The second-order valence-corrected chi connectivity index (χ2v) is 7.18. The van der Waals surface area contributed by atoms with Crippen molar-refractivity contribution < 1.29 is 22.3 Å². The lowest BCUT2D eigenvalue weighted by molar-refractivity contribution is 0.310. The predicted octanol–water partition coefficient (Wildman–Crippen LogP) is 3.05. The third-order valence-electron chi connectivity index (χ3n) is 3.44. The Morgan fingerprint density at radius 1 is 1.12 bits per heavy atom. The van der Waals surface area contributed by atoms with E-state index < -0.39 is 15.8 Å². The molecule has 5 nitrogen and oxygen atoms in total. The van der Waals surface area contributed by atoms with Crippen LogP contribution in [0.15, 0.2) is 47.4 Å². The number of benzene rings is 2. The molecule has 0 aliphatic heterocycles. The molecule has 2 aromatic rings. The molecule has 0 atom stereocenters. The van der Waals surface area contributed by atoms with Gasteiger partial charge in [-0.3, -0.25) is 0 Å². The van der Waals surface area contributed by atoms with Gasteiger partial charge in [-0.25, -0.2) is 12.8 Å². The van der Waals surface area contributed by atoms with Gasteiger partial charge in [0, 0.05) is 13.6 Å². The molecule has 130 valence electrons. The van der Waals surface area contributed by atoms with Gasteiger partial charge in [-0.15, -0.1) is 0 Å². The van der Waals surface area contributed by atoms with Crippen molar-refractivity contribution in [2.24, 2.45) is 0 Å². The maximum atomic E-state index is 13.3. The Morgan fingerprint density at radius 2 is 1.88 bits per heavy atom. The predicted molar refractivity (Wildman–Crippen MR) is 89.2 cm³/mol. The van der Waals surface area contributed by atoms with Crippen LogP contribution >= 0.6 is 0 Å². The molecule has 0 saturated heterocycles. The molecule has 0 aliphatic rings. The quantitative estimate of drug-likeness (QED) is 0.768. The topological polar surface area (TPSA) is 55.8 Å².